The van der Waals surface area contributed by atoms with Gasteiger partial charge in [-0.3, -0.25) is 14.5 Å². The number of hydrogen-bond acceptors (Lipinski definition) is 4. The predicted molar refractivity (Wildman–Crippen MR) is 110 cm³/mol. The van der Waals surface area contributed by atoms with Gasteiger partial charge in [-0.25, -0.2) is 4.68 Å². The van der Waals surface area contributed by atoms with Gasteiger partial charge in [0.15, 0.2) is 0 Å². The summed E-state index contributed by atoms with van der Waals surface area (Å²) in [5.41, 5.74) is 3.18. The Balaban J connectivity index is 1.59. The second-order valence-electron chi connectivity index (χ2n) is 6.62. The average Bonchev–Trinajstić information content (AvgIpc) is 3.28. The lowest BCUT2D eigenvalue weighted by atomic mass is 10.2. The van der Waals surface area contributed by atoms with Crippen LogP contribution in [0, 0.1) is 6.92 Å². The Morgan fingerprint density at radius 2 is 1.86 bits per heavy atom. The number of aromatic nitrogens is 2. The zero-order chi connectivity index (χ0) is 19.3. The van der Waals surface area contributed by atoms with E-state index in [-0.39, 0.29) is 18.4 Å². The molecule has 3 heterocycles. The van der Waals surface area contributed by atoms with Crippen molar-refractivity contribution >= 4 is 44.7 Å². The molecular formula is C21H16N4O2S. The first kappa shape index (κ1) is 16.7. The van der Waals surface area contributed by atoms with E-state index < -0.39 is 0 Å². The van der Waals surface area contributed by atoms with Crippen LogP contribution in [-0.2, 0) is 4.79 Å². The Morgan fingerprint density at radius 3 is 2.68 bits per heavy atom. The Labute approximate surface area is 165 Å². The molecule has 28 heavy (non-hydrogen) atoms. The number of hydrogen-bond donors (Lipinski definition) is 1. The second kappa shape index (κ2) is 6.31. The van der Waals surface area contributed by atoms with Crippen molar-refractivity contribution in [1.29, 1.82) is 0 Å². The minimum atomic E-state index is -0.195. The molecule has 5 rings (SSSR count). The summed E-state index contributed by atoms with van der Waals surface area (Å²) in [6.45, 7) is 1.94. The highest BCUT2D eigenvalue weighted by Crippen LogP contribution is 2.34. The number of carbonyl (C=O) groups excluding carboxylic acids is 2. The molecule has 0 radical (unpaired) electrons. The molecule has 0 aliphatic carbocycles. The van der Waals surface area contributed by atoms with Crippen molar-refractivity contribution in [2.45, 2.75) is 6.92 Å². The van der Waals surface area contributed by atoms with Gasteiger partial charge in [0.05, 0.1) is 27.6 Å². The van der Waals surface area contributed by atoms with Gasteiger partial charge in [-0.15, -0.1) is 11.3 Å². The van der Waals surface area contributed by atoms with E-state index in [2.05, 4.69) is 10.4 Å². The molecule has 1 aliphatic heterocycles. The number of anilines is 2. The second-order valence-corrected chi connectivity index (χ2v) is 7.65. The van der Waals surface area contributed by atoms with E-state index in [9.17, 15) is 9.59 Å². The minimum absolute atomic E-state index is 0.00782. The molecule has 2 aromatic heterocycles. The topological polar surface area (TPSA) is 67.2 Å². The Bertz CT molecular complexity index is 1230. The molecule has 1 N–H and O–H groups in total. The molecule has 0 bridgehead atoms. The summed E-state index contributed by atoms with van der Waals surface area (Å²) < 4.78 is 1.86. The normalized spacial score (nSPS) is 13.5. The Morgan fingerprint density at radius 1 is 1.11 bits per heavy atom. The first-order valence-corrected chi connectivity index (χ1v) is 9.69. The molecule has 1 aliphatic rings. The Kier molecular flexibility index (Phi) is 3.77. The maximum atomic E-state index is 13.3. The SMILES string of the molecule is Cc1nn(-c2ccccc2)c2sc(C(=O)N3CC(=O)Nc4ccccc43)cc12. The van der Waals surface area contributed by atoms with E-state index >= 15 is 0 Å². The monoisotopic (exact) mass is 388 g/mol. The molecule has 138 valence electrons. The summed E-state index contributed by atoms with van der Waals surface area (Å²) >= 11 is 1.39. The highest BCUT2D eigenvalue weighted by molar-refractivity contribution is 7.20. The number of aryl methyl sites for hydroxylation is 1. The number of amides is 2. The van der Waals surface area contributed by atoms with Gasteiger partial charge in [0, 0.05) is 5.39 Å². The summed E-state index contributed by atoms with van der Waals surface area (Å²) in [5.74, 6) is -0.373. The van der Waals surface area contributed by atoms with Gasteiger partial charge in [0.1, 0.15) is 11.4 Å². The lowest BCUT2D eigenvalue weighted by Crippen LogP contribution is -2.41. The maximum absolute atomic E-state index is 13.3. The summed E-state index contributed by atoms with van der Waals surface area (Å²) in [7, 11) is 0. The first-order chi connectivity index (χ1) is 13.6. The van der Waals surface area contributed by atoms with E-state index in [1.165, 1.54) is 16.2 Å². The van der Waals surface area contributed by atoms with Crippen LogP contribution in [0.4, 0.5) is 11.4 Å². The molecule has 0 saturated heterocycles. The smallest absolute Gasteiger partial charge is 0.268 e. The molecule has 0 atom stereocenters. The van der Waals surface area contributed by atoms with Gasteiger partial charge in [0.2, 0.25) is 5.91 Å². The number of rotatable bonds is 2. The summed E-state index contributed by atoms with van der Waals surface area (Å²) in [5, 5.41) is 8.38. The van der Waals surface area contributed by atoms with Gasteiger partial charge in [-0.1, -0.05) is 30.3 Å². The van der Waals surface area contributed by atoms with Crippen molar-refractivity contribution in [2.24, 2.45) is 0 Å². The van der Waals surface area contributed by atoms with E-state index in [4.69, 9.17) is 0 Å². The molecule has 0 saturated carbocycles. The van der Waals surface area contributed by atoms with Gasteiger partial charge in [0.25, 0.3) is 5.91 Å². The van der Waals surface area contributed by atoms with Crippen molar-refractivity contribution < 1.29 is 9.59 Å². The number of para-hydroxylation sites is 3. The van der Waals surface area contributed by atoms with Crippen LogP contribution < -0.4 is 10.2 Å². The number of benzene rings is 2. The average molecular weight is 388 g/mol. The fraction of sp³-hybridized carbons (Fsp3) is 0.0952. The number of fused-ring (bicyclic) bond motifs is 2. The molecule has 6 nitrogen and oxygen atoms in total. The molecule has 0 unspecified atom stereocenters. The molecular weight excluding hydrogens is 372 g/mol. The van der Waals surface area contributed by atoms with Crippen LogP contribution in [0.15, 0.2) is 60.7 Å². The van der Waals surface area contributed by atoms with Gasteiger partial charge >= 0.3 is 0 Å². The van der Waals surface area contributed by atoms with E-state index in [0.717, 1.165) is 21.6 Å². The fourth-order valence-corrected chi connectivity index (χ4v) is 4.58. The first-order valence-electron chi connectivity index (χ1n) is 8.87. The summed E-state index contributed by atoms with van der Waals surface area (Å²) in [4.78, 5) is 28.4. The van der Waals surface area contributed by atoms with E-state index in [1.807, 2.05) is 66.2 Å². The van der Waals surface area contributed by atoms with Gasteiger partial charge < -0.3 is 5.32 Å². The van der Waals surface area contributed by atoms with Crippen molar-refractivity contribution in [3.8, 4) is 5.69 Å². The molecule has 7 heteroatoms. The van der Waals surface area contributed by atoms with Crippen molar-refractivity contribution in [3.63, 3.8) is 0 Å². The molecule has 2 amide bonds. The minimum Gasteiger partial charge on any atom is -0.323 e. The quantitative estimate of drug-likeness (QED) is 0.565. The highest BCUT2D eigenvalue weighted by atomic mass is 32.1. The van der Waals surface area contributed by atoms with Crippen LogP contribution >= 0.6 is 11.3 Å². The lowest BCUT2D eigenvalue weighted by Gasteiger charge is -2.28. The van der Waals surface area contributed by atoms with Crippen LogP contribution in [0.25, 0.3) is 15.9 Å². The third kappa shape index (κ3) is 2.59. The highest BCUT2D eigenvalue weighted by Gasteiger charge is 2.29. The summed E-state index contributed by atoms with van der Waals surface area (Å²) in [6.07, 6.45) is 0. The number of nitrogens with one attached hydrogen (secondary N) is 1. The third-order valence-corrected chi connectivity index (χ3v) is 5.87. The van der Waals surface area contributed by atoms with Crippen LogP contribution in [0.2, 0.25) is 0 Å². The van der Waals surface area contributed by atoms with Crippen molar-refractivity contribution in [2.75, 3.05) is 16.8 Å². The third-order valence-electron chi connectivity index (χ3n) is 4.77. The Hall–Kier alpha value is -3.45. The number of thiophene rings is 1. The molecule has 4 aromatic rings. The molecule has 0 spiro atoms. The predicted octanol–water partition coefficient (Wildman–Crippen LogP) is 3.99. The molecule has 0 fully saturated rings. The lowest BCUT2D eigenvalue weighted by molar-refractivity contribution is -0.115. The number of carbonyl (C=O) groups is 2. The fourth-order valence-electron chi connectivity index (χ4n) is 3.44. The maximum Gasteiger partial charge on any atom is 0.268 e. The molecule has 2 aromatic carbocycles. The van der Waals surface area contributed by atoms with Gasteiger partial charge in [-0.2, -0.15) is 5.10 Å². The van der Waals surface area contributed by atoms with E-state index in [1.54, 1.807) is 6.07 Å². The van der Waals surface area contributed by atoms with Gasteiger partial charge in [-0.05, 0) is 37.3 Å². The van der Waals surface area contributed by atoms with Crippen LogP contribution in [0.3, 0.4) is 0 Å². The van der Waals surface area contributed by atoms with Crippen LogP contribution in [0.5, 0.6) is 0 Å². The van der Waals surface area contributed by atoms with Crippen molar-refractivity contribution in [3.05, 3.63) is 71.2 Å². The van der Waals surface area contributed by atoms with Crippen LogP contribution in [-0.4, -0.2) is 28.1 Å². The van der Waals surface area contributed by atoms with Crippen LogP contribution in [0.1, 0.15) is 15.4 Å². The standard InChI is InChI=1S/C21H16N4O2S/c1-13-15-11-18(28-21(15)25(23-13)14-7-3-2-4-8-14)20(27)24-12-19(26)22-16-9-5-6-10-17(16)24/h2-11H,12H2,1H3,(H,22,26). The zero-order valence-corrected chi connectivity index (χ0v) is 15.9. The zero-order valence-electron chi connectivity index (χ0n) is 15.0. The van der Waals surface area contributed by atoms with E-state index in [0.29, 0.717) is 16.3 Å². The summed E-state index contributed by atoms with van der Waals surface area (Å²) in [6, 6.07) is 19.1. The number of nitrogens with zero attached hydrogens (tertiary/aromatic N) is 3. The largest absolute Gasteiger partial charge is 0.323 e. The van der Waals surface area contributed by atoms with Crippen molar-refractivity contribution in [1.82, 2.24) is 9.78 Å².